The second kappa shape index (κ2) is 10.1. The first-order chi connectivity index (χ1) is 20.1. The van der Waals surface area contributed by atoms with Crippen molar-refractivity contribution in [2.75, 3.05) is 5.32 Å². The number of benzene rings is 2. The molecule has 0 aliphatic rings. The van der Waals surface area contributed by atoms with Gasteiger partial charge in [0.25, 0.3) is 0 Å². The zero-order valence-electron chi connectivity index (χ0n) is 21.5. The van der Waals surface area contributed by atoms with Crippen LogP contribution in [0.3, 0.4) is 0 Å². The maximum Gasteiger partial charge on any atom is 0.228 e. The predicted octanol–water partition coefficient (Wildman–Crippen LogP) is 5.95. The fraction of sp³-hybridized carbons (Fsp3) is 0.0323. The Morgan fingerprint density at radius 3 is 2.61 bits per heavy atom. The van der Waals surface area contributed by atoms with Crippen LogP contribution in [0.4, 0.5) is 10.1 Å². The molecule has 5 aromatic heterocycles. The Morgan fingerprint density at radius 2 is 1.76 bits per heavy atom. The number of nitrogens with one attached hydrogen (secondary N) is 3. The van der Waals surface area contributed by atoms with E-state index >= 15 is 4.39 Å². The van der Waals surface area contributed by atoms with Gasteiger partial charge < -0.3 is 10.3 Å². The minimum Gasteiger partial charge on any atom is -0.335 e. The number of imidazole rings is 1. The van der Waals surface area contributed by atoms with Gasteiger partial charge in [-0.1, -0.05) is 36.4 Å². The SMILES string of the molecule is O=C(Cc1ccccc1)Nc1cncc(-c2cc(F)c3n[nH]c(-c4nc5nccc(-c6cccnc6)c5[nH]4)c3c2)c1. The number of carbonyl (C=O) groups is 1. The molecule has 7 aromatic rings. The fourth-order valence-electron chi connectivity index (χ4n) is 4.87. The Labute approximate surface area is 232 Å². The molecule has 9 nitrogen and oxygen atoms in total. The molecular weight excluding hydrogens is 519 g/mol. The van der Waals surface area contributed by atoms with Crippen LogP contribution < -0.4 is 5.32 Å². The van der Waals surface area contributed by atoms with E-state index in [1.807, 2.05) is 54.6 Å². The molecule has 2 aromatic carbocycles. The molecule has 7 rings (SSSR count). The van der Waals surface area contributed by atoms with Gasteiger partial charge >= 0.3 is 0 Å². The van der Waals surface area contributed by atoms with Gasteiger partial charge in [-0.05, 0) is 41.5 Å². The van der Waals surface area contributed by atoms with Crippen molar-refractivity contribution >= 4 is 33.7 Å². The second-order valence-corrected chi connectivity index (χ2v) is 9.51. The van der Waals surface area contributed by atoms with Crippen LogP contribution in [-0.2, 0) is 11.2 Å². The molecule has 41 heavy (non-hydrogen) atoms. The normalized spacial score (nSPS) is 11.2. The fourth-order valence-corrected chi connectivity index (χ4v) is 4.87. The van der Waals surface area contributed by atoms with Crippen LogP contribution in [0.1, 0.15) is 5.56 Å². The summed E-state index contributed by atoms with van der Waals surface area (Å²) < 4.78 is 15.3. The first kappa shape index (κ1) is 24.3. The van der Waals surface area contributed by atoms with Gasteiger partial charge in [0, 0.05) is 46.9 Å². The van der Waals surface area contributed by atoms with Crippen molar-refractivity contribution in [2.24, 2.45) is 0 Å². The number of H-pyrrole nitrogens is 2. The van der Waals surface area contributed by atoms with E-state index in [9.17, 15) is 4.79 Å². The first-order valence-corrected chi connectivity index (χ1v) is 12.8. The quantitative estimate of drug-likeness (QED) is 0.240. The number of fused-ring (bicyclic) bond motifs is 2. The monoisotopic (exact) mass is 540 g/mol. The third kappa shape index (κ3) is 4.67. The summed E-state index contributed by atoms with van der Waals surface area (Å²) in [7, 11) is 0. The van der Waals surface area contributed by atoms with Crippen LogP contribution in [0.25, 0.3) is 55.8 Å². The van der Waals surface area contributed by atoms with Crippen molar-refractivity contribution in [2.45, 2.75) is 6.42 Å². The molecule has 0 unspecified atom stereocenters. The van der Waals surface area contributed by atoms with Crippen LogP contribution in [0.5, 0.6) is 0 Å². The molecule has 0 spiro atoms. The largest absolute Gasteiger partial charge is 0.335 e. The molecule has 10 heteroatoms. The van der Waals surface area contributed by atoms with Gasteiger partial charge in [-0.25, -0.2) is 14.4 Å². The van der Waals surface area contributed by atoms with Crippen molar-refractivity contribution in [3.8, 4) is 33.8 Å². The predicted molar refractivity (Wildman–Crippen MR) is 154 cm³/mol. The Balaban J connectivity index is 1.24. The van der Waals surface area contributed by atoms with E-state index < -0.39 is 5.82 Å². The number of aromatic amines is 2. The lowest BCUT2D eigenvalue weighted by Crippen LogP contribution is -2.14. The maximum atomic E-state index is 15.3. The number of hydrogen-bond acceptors (Lipinski definition) is 6. The summed E-state index contributed by atoms with van der Waals surface area (Å²) in [5, 5.41) is 10.6. The highest BCUT2D eigenvalue weighted by atomic mass is 19.1. The van der Waals surface area contributed by atoms with Crippen LogP contribution >= 0.6 is 0 Å². The Bertz CT molecular complexity index is 2040. The molecule has 0 saturated heterocycles. The van der Waals surface area contributed by atoms with E-state index in [0.29, 0.717) is 39.4 Å². The van der Waals surface area contributed by atoms with Gasteiger partial charge in [0.1, 0.15) is 11.2 Å². The molecule has 0 aliphatic heterocycles. The number of halogens is 1. The van der Waals surface area contributed by atoms with E-state index in [0.717, 1.165) is 22.2 Å². The highest BCUT2D eigenvalue weighted by Gasteiger charge is 2.18. The minimum atomic E-state index is -0.496. The lowest BCUT2D eigenvalue weighted by Gasteiger charge is -2.08. The Hall–Kier alpha value is -5.77. The summed E-state index contributed by atoms with van der Waals surface area (Å²) in [6, 6.07) is 20.2. The molecule has 0 saturated carbocycles. The Kier molecular flexibility index (Phi) is 5.97. The van der Waals surface area contributed by atoms with Gasteiger partial charge in [0.15, 0.2) is 17.3 Å². The number of carbonyl (C=O) groups excluding carboxylic acids is 1. The number of pyridine rings is 3. The average Bonchev–Trinajstić information content (AvgIpc) is 3.63. The maximum absolute atomic E-state index is 15.3. The van der Waals surface area contributed by atoms with E-state index in [-0.39, 0.29) is 17.8 Å². The van der Waals surface area contributed by atoms with Gasteiger partial charge in [-0.15, -0.1) is 0 Å². The van der Waals surface area contributed by atoms with Crippen LogP contribution in [0.15, 0.2) is 97.7 Å². The number of rotatable bonds is 6. The van der Waals surface area contributed by atoms with Crippen molar-refractivity contribution in [3.05, 3.63) is 109 Å². The van der Waals surface area contributed by atoms with E-state index in [4.69, 9.17) is 0 Å². The summed E-state index contributed by atoms with van der Waals surface area (Å²) in [4.78, 5) is 33.5. The number of amides is 1. The summed E-state index contributed by atoms with van der Waals surface area (Å²) in [6.45, 7) is 0. The van der Waals surface area contributed by atoms with E-state index in [1.54, 1.807) is 37.1 Å². The van der Waals surface area contributed by atoms with Gasteiger partial charge in [-0.3, -0.25) is 19.9 Å². The number of hydrogen-bond donors (Lipinski definition) is 3. The molecule has 1 amide bonds. The smallest absolute Gasteiger partial charge is 0.228 e. The molecule has 0 aliphatic carbocycles. The molecule has 198 valence electrons. The molecule has 0 bridgehead atoms. The molecule has 0 radical (unpaired) electrons. The van der Waals surface area contributed by atoms with Crippen molar-refractivity contribution in [1.29, 1.82) is 0 Å². The zero-order valence-corrected chi connectivity index (χ0v) is 21.5. The summed E-state index contributed by atoms with van der Waals surface area (Å²) in [5.41, 5.74) is 6.42. The number of nitrogens with zero attached hydrogens (tertiary/aromatic N) is 5. The van der Waals surface area contributed by atoms with Crippen LogP contribution in [0, 0.1) is 5.82 Å². The topological polar surface area (TPSA) is 125 Å². The summed E-state index contributed by atoms with van der Waals surface area (Å²) >= 11 is 0. The first-order valence-electron chi connectivity index (χ1n) is 12.8. The second-order valence-electron chi connectivity index (χ2n) is 9.51. The highest BCUT2D eigenvalue weighted by molar-refractivity contribution is 5.98. The minimum absolute atomic E-state index is 0.168. The van der Waals surface area contributed by atoms with Gasteiger partial charge in [0.2, 0.25) is 5.91 Å². The van der Waals surface area contributed by atoms with E-state index in [1.165, 1.54) is 6.07 Å². The molecule has 5 heterocycles. The lowest BCUT2D eigenvalue weighted by molar-refractivity contribution is -0.115. The van der Waals surface area contributed by atoms with Crippen LogP contribution in [0.2, 0.25) is 0 Å². The third-order valence-corrected chi connectivity index (χ3v) is 6.78. The van der Waals surface area contributed by atoms with Crippen LogP contribution in [-0.4, -0.2) is 41.0 Å². The van der Waals surface area contributed by atoms with Crippen molar-refractivity contribution in [3.63, 3.8) is 0 Å². The summed E-state index contributed by atoms with van der Waals surface area (Å²) in [6.07, 6.45) is 8.60. The van der Waals surface area contributed by atoms with Gasteiger partial charge in [-0.2, -0.15) is 5.10 Å². The van der Waals surface area contributed by atoms with Gasteiger partial charge in [0.05, 0.1) is 23.8 Å². The Morgan fingerprint density at radius 1 is 0.878 bits per heavy atom. The average molecular weight is 541 g/mol. The molecular formula is C31H21FN8O. The molecule has 3 N–H and O–H groups in total. The summed E-state index contributed by atoms with van der Waals surface area (Å²) in [5.74, 6) is -0.190. The van der Waals surface area contributed by atoms with Crippen molar-refractivity contribution in [1.82, 2.24) is 35.1 Å². The zero-order chi connectivity index (χ0) is 27.8. The van der Waals surface area contributed by atoms with E-state index in [2.05, 4.69) is 40.4 Å². The highest BCUT2D eigenvalue weighted by Crippen LogP contribution is 2.34. The van der Waals surface area contributed by atoms with Crippen molar-refractivity contribution < 1.29 is 9.18 Å². The standard InChI is InChI=1S/C31H21FN8O/c32-25-14-20(21-12-22(17-34-16-21)36-26(41)11-18-5-2-1-3-6-18)13-24-27(25)39-40-29(24)31-37-28-23(8-10-35-30(28)38-31)19-7-4-9-33-15-19/h1-10,12-17H,11H2,(H,36,41)(H,39,40)(H,35,37,38). The third-order valence-electron chi connectivity index (χ3n) is 6.78. The number of aromatic nitrogens is 7. The number of anilines is 1. The lowest BCUT2D eigenvalue weighted by atomic mass is 10.0. The molecule has 0 fully saturated rings. The molecule has 0 atom stereocenters.